The van der Waals surface area contributed by atoms with Gasteiger partial charge in [0.05, 0.1) is 4.90 Å². The van der Waals surface area contributed by atoms with Crippen LogP contribution in [-0.2, 0) is 10.0 Å². The molecule has 0 aromatic heterocycles. The lowest BCUT2D eigenvalue weighted by molar-refractivity contribution is 0.293. The van der Waals surface area contributed by atoms with Crippen molar-refractivity contribution in [2.75, 3.05) is 19.6 Å². The van der Waals surface area contributed by atoms with Crippen molar-refractivity contribution in [3.63, 3.8) is 0 Å². The van der Waals surface area contributed by atoms with Crippen LogP contribution >= 0.6 is 22.6 Å². The fourth-order valence-electron chi connectivity index (χ4n) is 2.17. The Morgan fingerprint density at radius 3 is 2.29 bits per heavy atom. The van der Waals surface area contributed by atoms with Crippen LogP contribution in [0, 0.1) is 3.57 Å². The van der Waals surface area contributed by atoms with Crippen LogP contribution in [0.25, 0.3) is 0 Å². The summed E-state index contributed by atoms with van der Waals surface area (Å²) in [5.74, 6) is 0. The zero-order valence-corrected chi connectivity index (χ0v) is 15.9. The average Bonchev–Trinajstić information content (AvgIpc) is 2.43. The Bertz CT molecular complexity index is 513. The predicted molar refractivity (Wildman–Crippen MR) is 96.0 cm³/mol. The molecule has 0 aliphatic rings. The molecule has 0 saturated heterocycles. The van der Waals surface area contributed by atoms with E-state index in [-0.39, 0.29) is 6.04 Å². The zero-order valence-electron chi connectivity index (χ0n) is 13.0. The van der Waals surface area contributed by atoms with E-state index in [0.717, 1.165) is 36.0 Å². The molecule has 0 heterocycles. The maximum atomic E-state index is 12.2. The average molecular weight is 424 g/mol. The molecule has 1 rings (SSSR count). The normalized spacial score (nSPS) is 13.6. The molecule has 0 unspecified atom stereocenters. The molecule has 0 fully saturated rings. The Kier molecular flexibility index (Phi) is 8.15. The molecule has 0 aliphatic carbocycles. The van der Waals surface area contributed by atoms with E-state index in [4.69, 9.17) is 0 Å². The summed E-state index contributed by atoms with van der Waals surface area (Å²) in [5, 5.41) is 0. The minimum Gasteiger partial charge on any atom is -0.304 e. The van der Waals surface area contributed by atoms with E-state index in [1.54, 1.807) is 24.3 Å². The van der Waals surface area contributed by atoms with Gasteiger partial charge in [0.2, 0.25) is 10.0 Å². The van der Waals surface area contributed by atoms with Crippen LogP contribution in [0.1, 0.15) is 33.6 Å². The molecule has 1 N–H and O–H groups in total. The van der Waals surface area contributed by atoms with Crippen LogP contribution in [0.5, 0.6) is 0 Å². The largest absolute Gasteiger partial charge is 0.304 e. The first-order chi connectivity index (χ1) is 9.89. The first kappa shape index (κ1) is 18.9. The summed E-state index contributed by atoms with van der Waals surface area (Å²) in [4.78, 5) is 2.68. The van der Waals surface area contributed by atoms with Gasteiger partial charge in [-0.15, -0.1) is 0 Å². The molecule has 0 spiro atoms. The highest BCUT2D eigenvalue weighted by molar-refractivity contribution is 14.1. The zero-order chi connectivity index (χ0) is 15.9. The summed E-state index contributed by atoms with van der Waals surface area (Å²) < 4.78 is 28.3. The number of nitrogens with one attached hydrogen (secondary N) is 1. The number of nitrogens with zero attached hydrogens (tertiary/aromatic N) is 1. The van der Waals surface area contributed by atoms with E-state index in [2.05, 4.69) is 46.1 Å². The molecule has 0 radical (unpaired) electrons. The second-order valence-electron chi connectivity index (χ2n) is 5.15. The third kappa shape index (κ3) is 6.63. The van der Waals surface area contributed by atoms with Crippen molar-refractivity contribution in [1.82, 2.24) is 9.62 Å². The molecule has 1 aromatic rings. The first-order valence-corrected chi connectivity index (χ1v) is 9.95. The van der Waals surface area contributed by atoms with E-state index in [0.29, 0.717) is 4.90 Å². The summed E-state index contributed by atoms with van der Waals surface area (Å²) in [5.41, 5.74) is 0. The van der Waals surface area contributed by atoms with Gasteiger partial charge in [0.1, 0.15) is 0 Å². The van der Waals surface area contributed by atoms with Crippen LogP contribution in [0.15, 0.2) is 29.2 Å². The van der Waals surface area contributed by atoms with Crippen LogP contribution < -0.4 is 4.72 Å². The number of sulfonamides is 1. The number of rotatable bonds is 9. The van der Waals surface area contributed by atoms with E-state index in [1.807, 2.05) is 6.92 Å². The van der Waals surface area contributed by atoms with Crippen molar-refractivity contribution in [2.45, 2.75) is 44.6 Å². The fraction of sp³-hybridized carbons (Fsp3) is 0.600. The number of halogens is 1. The topological polar surface area (TPSA) is 49.4 Å². The van der Waals surface area contributed by atoms with Gasteiger partial charge in [-0.05, 0) is 86.3 Å². The Morgan fingerprint density at radius 1 is 1.19 bits per heavy atom. The minimum absolute atomic E-state index is 0.0511. The molecule has 0 saturated carbocycles. The molecular weight excluding hydrogens is 399 g/mol. The molecular formula is C15H25IN2O2S. The lowest BCUT2D eigenvalue weighted by Crippen LogP contribution is -2.33. The molecule has 0 amide bonds. The van der Waals surface area contributed by atoms with Crippen molar-refractivity contribution in [3.8, 4) is 0 Å². The fourth-order valence-corrected chi connectivity index (χ4v) is 3.80. The van der Waals surface area contributed by atoms with Crippen molar-refractivity contribution in [3.05, 3.63) is 27.8 Å². The molecule has 4 nitrogen and oxygen atoms in total. The second-order valence-corrected chi connectivity index (χ2v) is 8.10. The van der Waals surface area contributed by atoms with E-state index >= 15 is 0 Å². The van der Waals surface area contributed by atoms with Crippen LogP contribution in [-0.4, -0.2) is 39.0 Å². The Balaban J connectivity index is 2.49. The van der Waals surface area contributed by atoms with E-state index in [1.165, 1.54) is 0 Å². The minimum atomic E-state index is -3.41. The smallest absolute Gasteiger partial charge is 0.240 e. The molecule has 120 valence electrons. The summed E-state index contributed by atoms with van der Waals surface area (Å²) >= 11 is 2.16. The van der Waals surface area contributed by atoms with Gasteiger partial charge in [-0.1, -0.05) is 13.8 Å². The summed E-state index contributed by atoms with van der Waals surface area (Å²) in [6.45, 7) is 9.31. The van der Waals surface area contributed by atoms with Crippen molar-refractivity contribution < 1.29 is 8.42 Å². The highest BCUT2D eigenvalue weighted by Gasteiger charge is 2.17. The van der Waals surface area contributed by atoms with Gasteiger partial charge in [-0.25, -0.2) is 13.1 Å². The second kappa shape index (κ2) is 9.07. The van der Waals surface area contributed by atoms with Crippen LogP contribution in [0.2, 0.25) is 0 Å². The lowest BCUT2D eigenvalue weighted by Gasteiger charge is -2.19. The standard InChI is InChI=1S/C15H25IN2O2S/c1-4-18(5-2)12-6-7-13(3)17-21(19,20)15-10-8-14(16)9-11-15/h8-11,13,17H,4-7,12H2,1-3H3/t13-/m1/s1. The Labute approximate surface area is 142 Å². The number of benzene rings is 1. The molecule has 0 bridgehead atoms. The molecule has 1 atom stereocenters. The first-order valence-electron chi connectivity index (χ1n) is 7.39. The highest BCUT2D eigenvalue weighted by atomic mass is 127. The summed E-state index contributed by atoms with van der Waals surface area (Å²) in [7, 11) is -3.41. The lowest BCUT2D eigenvalue weighted by atomic mass is 10.2. The highest BCUT2D eigenvalue weighted by Crippen LogP contribution is 2.13. The van der Waals surface area contributed by atoms with Gasteiger partial charge in [-0.3, -0.25) is 0 Å². The Morgan fingerprint density at radius 2 is 1.76 bits per heavy atom. The van der Waals surface area contributed by atoms with Gasteiger partial charge in [0, 0.05) is 9.61 Å². The molecule has 6 heteroatoms. The van der Waals surface area contributed by atoms with Crippen molar-refractivity contribution >= 4 is 32.6 Å². The van der Waals surface area contributed by atoms with Gasteiger partial charge < -0.3 is 4.90 Å². The Hall–Kier alpha value is -0.180. The van der Waals surface area contributed by atoms with Gasteiger partial charge in [-0.2, -0.15) is 0 Å². The molecule has 1 aromatic carbocycles. The van der Waals surface area contributed by atoms with Crippen LogP contribution in [0.3, 0.4) is 0 Å². The maximum absolute atomic E-state index is 12.2. The van der Waals surface area contributed by atoms with E-state index in [9.17, 15) is 8.42 Å². The van der Waals surface area contributed by atoms with Gasteiger partial charge >= 0.3 is 0 Å². The summed E-state index contributed by atoms with van der Waals surface area (Å²) in [6, 6.07) is 6.85. The molecule has 21 heavy (non-hydrogen) atoms. The maximum Gasteiger partial charge on any atom is 0.240 e. The van der Waals surface area contributed by atoms with Crippen molar-refractivity contribution in [1.29, 1.82) is 0 Å². The monoisotopic (exact) mass is 424 g/mol. The third-order valence-corrected chi connectivity index (χ3v) is 5.81. The predicted octanol–water partition coefficient (Wildman–Crippen LogP) is 3.08. The third-order valence-electron chi connectivity index (χ3n) is 3.49. The van der Waals surface area contributed by atoms with Gasteiger partial charge in [0.25, 0.3) is 0 Å². The van der Waals surface area contributed by atoms with Crippen LogP contribution in [0.4, 0.5) is 0 Å². The number of hydrogen-bond donors (Lipinski definition) is 1. The SMILES string of the molecule is CCN(CC)CCC[C@@H](C)NS(=O)(=O)c1ccc(I)cc1. The number of hydrogen-bond acceptors (Lipinski definition) is 3. The van der Waals surface area contributed by atoms with Gasteiger partial charge in [0.15, 0.2) is 0 Å². The van der Waals surface area contributed by atoms with E-state index < -0.39 is 10.0 Å². The molecule has 0 aliphatic heterocycles. The quantitative estimate of drug-likeness (QED) is 0.620. The summed E-state index contributed by atoms with van der Waals surface area (Å²) in [6.07, 6.45) is 1.85. The van der Waals surface area contributed by atoms with Crippen molar-refractivity contribution in [2.24, 2.45) is 0 Å².